The van der Waals surface area contributed by atoms with Crippen molar-refractivity contribution in [2.75, 3.05) is 34.3 Å². The van der Waals surface area contributed by atoms with Crippen LogP contribution >= 0.6 is 20.6 Å². The second-order valence-electron chi connectivity index (χ2n) is 6.02. The monoisotopic (exact) mass is 438 g/mol. The third-order valence-corrected chi connectivity index (χ3v) is 6.37. The Balaban J connectivity index is 2.59. The molecule has 0 bridgehead atoms. The van der Waals surface area contributed by atoms with Gasteiger partial charge in [0.2, 0.25) is 0 Å². The summed E-state index contributed by atoms with van der Waals surface area (Å²) in [4.78, 5) is 22.3. The zero-order valence-electron chi connectivity index (χ0n) is 14.3. The number of carbonyl (C=O) groups excluding carboxylic acids is 2. The van der Waals surface area contributed by atoms with E-state index in [4.69, 9.17) is 10.9 Å². The summed E-state index contributed by atoms with van der Waals surface area (Å²) in [7, 11) is 6.43. The van der Waals surface area contributed by atoms with Gasteiger partial charge >= 0.3 is 146 Å². The van der Waals surface area contributed by atoms with Crippen LogP contribution in [0.4, 0.5) is 0 Å². The van der Waals surface area contributed by atoms with Crippen molar-refractivity contribution in [1.29, 1.82) is 0 Å². The zero-order valence-corrected chi connectivity index (χ0v) is 16.5. The van der Waals surface area contributed by atoms with Gasteiger partial charge in [-0.25, -0.2) is 0 Å². The minimum absolute atomic E-state index is 0.447. The number of nitrogens with zero attached hydrogens (tertiary/aromatic N) is 1. The molecule has 0 amide bonds. The van der Waals surface area contributed by atoms with E-state index in [-0.39, 0.29) is 0 Å². The molecule has 0 radical (unpaired) electrons. The number of quaternary nitrogens is 1. The first-order valence-corrected chi connectivity index (χ1v) is 10.1. The summed E-state index contributed by atoms with van der Waals surface area (Å²) in [6.07, 6.45) is 0.963. The van der Waals surface area contributed by atoms with Gasteiger partial charge in [-0.1, -0.05) is 0 Å². The van der Waals surface area contributed by atoms with Gasteiger partial charge in [0.1, 0.15) is 0 Å². The van der Waals surface area contributed by atoms with Crippen LogP contribution in [-0.4, -0.2) is 50.7 Å². The van der Waals surface area contributed by atoms with Gasteiger partial charge in [0.05, 0.1) is 0 Å². The number of carbonyl (C=O) groups is 2. The number of hydrogen-bond acceptors (Lipinski definition) is 5. The number of benzene rings is 1. The summed E-state index contributed by atoms with van der Waals surface area (Å²) in [5.41, 5.74) is 0. The van der Waals surface area contributed by atoms with E-state index in [2.05, 4.69) is 21.1 Å². The van der Waals surface area contributed by atoms with E-state index in [9.17, 15) is 9.59 Å². The molecule has 6 nitrogen and oxygen atoms in total. The summed E-state index contributed by atoms with van der Waals surface area (Å²) in [5, 5.41) is 0. The normalized spacial score (nSPS) is 11.6. The fourth-order valence-corrected chi connectivity index (χ4v) is 4.34. The fraction of sp³-hybridized carbons (Fsp3) is 0.500. The molecule has 0 N–H and O–H groups in total. The Hall–Kier alpha value is -1.35. The van der Waals surface area contributed by atoms with Gasteiger partial charge in [-0.3, -0.25) is 0 Å². The second-order valence-corrected chi connectivity index (χ2v) is 9.39. The van der Waals surface area contributed by atoms with E-state index >= 15 is 0 Å². The van der Waals surface area contributed by atoms with E-state index < -0.39 is 32.6 Å². The maximum absolute atomic E-state index is 11.1. The van der Waals surface area contributed by atoms with Gasteiger partial charge in [-0.15, -0.1) is 0 Å². The minimum atomic E-state index is -2.74. The molecule has 1 rings (SSSR count). The average molecular weight is 438 g/mol. The van der Waals surface area contributed by atoms with E-state index in [0.717, 1.165) is 26.8 Å². The molecule has 0 aliphatic rings. The molecule has 0 aromatic heterocycles. The molecular formula is C16H25INO5+. The van der Waals surface area contributed by atoms with Gasteiger partial charge in [0, 0.05) is 0 Å². The van der Waals surface area contributed by atoms with Crippen LogP contribution < -0.4 is 4.74 Å². The van der Waals surface area contributed by atoms with Gasteiger partial charge in [0.15, 0.2) is 0 Å². The van der Waals surface area contributed by atoms with Crippen molar-refractivity contribution in [3.8, 4) is 5.75 Å². The summed E-state index contributed by atoms with van der Waals surface area (Å²) in [5.74, 6) is -0.147. The van der Waals surface area contributed by atoms with Gasteiger partial charge < -0.3 is 0 Å². The quantitative estimate of drug-likeness (QED) is 0.355. The molecule has 0 saturated heterocycles. The van der Waals surface area contributed by atoms with Gasteiger partial charge in [-0.05, 0) is 0 Å². The molecule has 0 atom stereocenters. The van der Waals surface area contributed by atoms with E-state index in [0.29, 0.717) is 6.61 Å². The predicted octanol–water partition coefficient (Wildman–Crippen LogP) is 2.79. The molecule has 23 heavy (non-hydrogen) atoms. The molecular weight excluding hydrogens is 413 g/mol. The first kappa shape index (κ1) is 19.7. The van der Waals surface area contributed by atoms with Crippen LogP contribution in [0.3, 0.4) is 0 Å². The van der Waals surface area contributed by atoms with Crippen LogP contribution in [0.5, 0.6) is 5.75 Å². The third-order valence-electron chi connectivity index (χ3n) is 2.59. The number of halogens is 1. The number of ether oxygens (including phenoxy) is 1. The predicted molar refractivity (Wildman–Crippen MR) is 95.7 cm³/mol. The second kappa shape index (κ2) is 9.07. The molecule has 0 fully saturated rings. The first-order chi connectivity index (χ1) is 10.7. The van der Waals surface area contributed by atoms with Crippen molar-refractivity contribution in [1.82, 2.24) is 0 Å². The topological polar surface area (TPSA) is 61.8 Å². The molecule has 0 saturated carbocycles. The van der Waals surface area contributed by atoms with Gasteiger partial charge in [0.25, 0.3) is 0 Å². The van der Waals surface area contributed by atoms with Crippen molar-refractivity contribution in [2.45, 2.75) is 20.3 Å². The van der Waals surface area contributed by atoms with Crippen LogP contribution in [0.15, 0.2) is 24.3 Å². The summed E-state index contributed by atoms with van der Waals surface area (Å²) in [6, 6.07) is 7.18. The zero-order chi connectivity index (χ0) is 17.5. The van der Waals surface area contributed by atoms with E-state index in [1.807, 2.05) is 0 Å². The SMILES string of the molecule is CC(=O)OI(OC(C)=O)c1ccc(OCCC[N+](C)(C)C)cc1. The Morgan fingerprint density at radius 1 is 1.00 bits per heavy atom. The van der Waals surface area contributed by atoms with E-state index in [1.54, 1.807) is 24.3 Å². The Morgan fingerprint density at radius 2 is 1.52 bits per heavy atom. The average Bonchev–Trinajstić information content (AvgIpc) is 2.41. The molecule has 1 aromatic rings. The molecule has 130 valence electrons. The molecule has 7 heteroatoms. The van der Waals surface area contributed by atoms with Crippen LogP contribution in [0.2, 0.25) is 0 Å². The first-order valence-electron chi connectivity index (χ1n) is 7.29. The third kappa shape index (κ3) is 8.75. The molecule has 0 aliphatic carbocycles. The molecule has 0 unspecified atom stereocenters. The number of rotatable bonds is 8. The van der Waals surface area contributed by atoms with Crippen molar-refractivity contribution in [2.24, 2.45) is 0 Å². The molecule has 0 heterocycles. The fourth-order valence-electron chi connectivity index (χ4n) is 1.66. The van der Waals surface area contributed by atoms with Crippen molar-refractivity contribution in [3.05, 3.63) is 27.8 Å². The van der Waals surface area contributed by atoms with Gasteiger partial charge in [-0.2, -0.15) is 0 Å². The summed E-state index contributed by atoms with van der Waals surface area (Å²) < 4.78 is 17.6. The van der Waals surface area contributed by atoms with Crippen LogP contribution in [-0.2, 0) is 15.7 Å². The molecule has 0 aliphatic heterocycles. The van der Waals surface area contributed by atoms with Crippen molar-refractivity contribution >= 4 is 32.6 Å². The van der Waals surface area contributed by atoms with Crippen molar-refractivity contribution in [3.63, 3.8) is 0 Å². The molecule has 0 spiro atoms. The summed E-state index contributed by atoms with van der Waals surface area (Å²) in [6.45, 7) is 4.29. The Morgan fingerprint density at radius 3 is 1.96 bits per heavy atom. The van der Waals surface area contributed by atoms with Crippen LogP contribution in [0.25, 0.3) is 0 Å². The van der Waals surface area contributed by atoms with Crippen LogP contribution in [0.1, 0.15) is 20.3 Å². The van der Waals surface area contributed by atoms with E-state index in [1.165, 1.54) is 13.8 Å². The molecule has 1 aromatic carbocycles. The Kier molecular flexibility index (Phi) is 7.77. The van der Waals surface area contributed by atoms with Crippen molar-refractivity contribution < 1.29 is 24.9 Å². The Labute approximate surface area is 145 Å². The number of hydrogen-bond donors (Lipinski definition) is 0. The van der Waals surface area contributed by atoms with Crippen LogP contribution in [0, 0.1) is 3.57 Å². The Bertz CT molecular complexity index is 508. The summed E-state index contributed by atoms with van der Waals surface area (Å²) >= 11 is -2.74. The standard InChI is InChI=1S/C16H25INO5/c1-13(19)22-17(23-14(2)20)15-7-9-16(10-8-15)21-12-6-11-18(3,4)5/h7-10H,6,11-12H2,1-5H3/q+1. The maximum atomic E-state index is 11.1.